The molecular formula is C10H20N2O4. The van der Waals surface area contributed by atoms with Crippen molar-refractivity contribution in [1.29, 1.82) is 0 Å². The number of carbonyl (C=O) groups is 2. The van der Waals surface area contributed by atoms with Gasteiger partial charge in [0, 0.05) is 12.6 Å². The summed E-state index contributed by atoms with van der Waals surface area (Å²) in [6, 6.07) is -0.382. The second-order valence-corrected chi connectivity index (χ2v) is 4.93. The molecule has 0 saturated carbocycles. The van der Waals surface area contributed by atoms with E-state index in [1.807, 2.05) is 0 Å². The highest BCUT2D eigenvalue weighted by Gasteiger charge is 2.17. The Morgan fingerprint density at radius 1 is 1.19 bits per heavy atom. The molecule has 2 amide bonds. The van der Waals surface area contributed by atoms with E-state index in [1.165, 1.54) is 0 Å². The molecule has 0 fully saturated rings. The second-order valence-electron chi connectivity index (χ2n) is 4.93. The molecule has 0 aliphatic carbocycles. The van der Waals surface area contributed by atoms with E-state index in [0.29, 0.717) is 6.42 Å². The fraction of sp³-hybridized carbons (Fsp3) is 0.800. The minimum absolute atomic E-state index is 0.0950. The highest BCUT2D eigenvalue weighted by molar-refractivity contribution is 5.66. The summed E-state index contributed by atoms with van der Waals surface area (Å²) in [6.07, 6.45) is -0.853. The monoisotopic (exact) mass is 232 g/mol. The molecule has 0 saturated heterocycles. The lowest BCUT2D eigenvalue weighted by atomic mass is 9.88. The summed E-state index contributed by atoms with van der Waals surface area (Å²) in [4.78, 5) is 20.8. The summed E-state index contributed by atoms with van der Waals surface area (Å²) in [5.74, 6) is 0. The minimum atomic E-state index is -1.15. The Hall–Kier alpha value is -1.46. The third-order valence-corrected chi connectivity index (χ3v) is 2.07. The lowest BCUT2D eigenvalue weighted by Gasteiger charge is -2.23. The van der Waals surface area contributed by atoms with E-state index in [9.17, 15) is 9.59 Å². The summed E-state index contributed by atoms with van der Waals surface area (Å²) in [5, 5.41) is 21.5. The van der Waals surface area contributed by atoms with Crippen LogP contribution in [0.1, 0.15) is 33.6 Å². The van der Waals surface area contributed by atoms with Crippen LogP contribution in [0.5, 0.6) is 0 Å². The normalized spacial score (nSPS) is 12.9. The molecule has 1 unspecified atom stereocenters. The van der Waals surface area contributed by atoms with Crippen LogP contribution in [0.3, 0.4) is 0 Å². The quantitative estimate of drug-likeness (QED) is 0.580. The van der Waals surface area contributed by atoms with Crippen molar-refractivity contribution in [2.24, 2.45) is 5.41 Å². The largest absolute Gasteiger partial charge is 0.465 e. The molecule has 16 heavy (non-hydrogen) atoms. The van der Waals surface area contributed by atoms with Crippen molar-refractivity contribution < 1.29 is 19.8 Å². The van der Waals surface area contributed by atoms with Crippen molar-refractivity contribution in [2.75, 3.05) is 6.54 Å². The van der Waals surface area contributed by atoms with E-state index < -0.39 is 12.2 Å². The molecule has 0 aliphatic rings. The van der Waals surface area contributed by atoms with Crippen molar-refractivity contribution in [3.05, 3.63) is 0 Å². The molecule has 6 heteroatoms. The minimum Gasteiger partial charge on any atom is -0.465 e. The van der Waals surface area contributed by atoms with Gasteiger partial charge in [-0.1, -0.05) is 20.8 Å². The van der Waals surface area contributed by atoms with Gasteiger partial charge in [-0.15, -0.1) is 0 Å². The van der Waals surface area contributed by atoms with Gasteiger partial charge in [0.05, 0.1) is 0 Å². The first-order valence-corrected chi connectivity index (χ1v) is 5.17. The molecule has 0 aliphatic heterocycles. The second kappa shape index (κ2) is 6.19. The van der Waals surface area contributed by atoms with E-state index in [4.69, 9.17) is 10.2 Å². The van der Waals surface area contributed by atoms with Crippen molar-refractivity contribution >= 4 is 12.2 Å². The Balaban J connectivity index is 4.10. The summed E-state index contributed by atoms with van der Waals surface area (Å²) in [6.45, 7) is 6.25. The topological polar surface area (TPSA) is 98.7 Å². The lowest BCUT2D eigenvalue weighted by molar-refractivity contribution is 0.181. The molecule has 0 aromatic carbocycles. The Labute approximate surface area is 95.0 Å². The van der Waals surface area contributed by atoms with E-state index in [-0.39, 0.29) is 18.0 Å². The molecule has 4 N–H and O–H groups in total. The Kier molecular flexibility index (Phi) is 5.63. The van der Waals surface area contributed by atoms with Gasteiger partial charge in [-0.05, 0) is 18.3 Å². The molecule has 1 atom stereocenters. The summed E-state index contributed by atoms with van der Waals surface area (Å²) in [7, 11) is 0. The van der Waals surface area contributed by atoms with Gasteiger partial charge in [0.15, 0.2) is 0 Å². The molecule has 0 aromatic heterocycles. The highest BCUT2D eigenvalue weighted by Crippen LogP contribution is 2.21. The van der Waals surface area contributed by atoms with Crippen molar-refractivity contribution in [1.82, 2.24) is 10.6 Å². The van der Waals surface area contributed by atoms with Crippen LogP contribution in [0.25, 0.3) is 0 Å². The molecule has 0 radical (unpaired) electrons. The lowest BCUT2D eigenvalue weighted by Crippen LogP contribution is -2.43. The van der Waals surface area contributed by atoms with Crippen molar-refractivity contribution in [3.8, 4) is 0 Å². The predicted octanol–water partition coefficient (Wildman–Crippen LogP) is 1.72. The fourth-order valence-electron chi connectivity index (χ4n) is 1.22. The summed E-state index contributed by atoms with van der Waals surface area (Å²) < 4.78 is 0. The predicted molar refractivity (Wildman–Crippen MR) is 59.7 cm³/mol. The van der Waals surface area contributed by atoms with Gasteiger partial charge in [0.25, 0.3) is 0 Å². The number of amides is 2. The van der Waals surface area contributed by atoms with Crippen molar-refractivity contribution in [3.63, 3.8) is 0 Å². The third-order valence-electron chi connectivity index (χ3n) is 2.07. The fourth-order valence-corrected chi connectivity index (χ4v) is 1.22. The number of rotatable bonds is 5. The van der Waals surface area contributed by atoms with Gasteiger partial charge in [0.1, 0.15) is 0 Å². The van der Waals surface area contributed by atoms with E-state index in [0.717, 1.165) is 6.42 Å². The molecule has 94 valence electrons. The summed E-state index contributed by atoms with van der Waals surface area (Å²) >= 11 is 0. The van der Waals surface area contributed by atoms with Gasteiger partial charge in [0.2, 0.25) is 0 Å². The molecule has 0 rings (SSSR count). The van der Waals surface area contributed by atoms with Gasteiger partial charge in [-0.2, -0.15) is 0 Å². The standard InChI is InChI=1S/C10H20N2O4/c1-10(2,3)5-4-7(12-9(15)16)6-11-8(13)14/h7,11-12H,4-6H2,1-3H3,(H,13,14)(H,15,16). The SMILES string of the molecule is CC(C)(C)CCC(CNC(=O)O)NC(=O)O. The zero-order valence-corrected chi connectivity index (χ0v) is 9.91. The van der Waals surface area contributed by atoms with Crippen LogP contribution >= 0.6 is 0 Å². The number of carboxylic acid groups (broad SMARTS) is 2. The zero-order chi connectivity index (χ0) is 12.8. The van der Waals surface area contributed by atoms with Crippen LogP contribution in [0.15, 0.2) is 0 Å². The van der Waals surface area contributed by atoms with Gasteiger partial charge in [-0.3, -0.25) is 0 Å². The number of hydrogen-bond donors (Lipinski definition) is 4. The highest BCUT2D eigenvalue weighted by atomic mass is 16.4. The average Bonchev–Trinajstić information content (AvgIpc) is 2.07. The van der Waals surface area contributed by atoms with Gasteiger partial charge < -0.3 is 20.8 Å². The van der Waals surface area contributed by atoms with Gasteiger partial charge in [-0.25, -0.2) is 9.59 Å². The first-order chi connectivity index (χ1) is 7.20. The maximum Gasteiger partial charge on any atom is 0.404 e. The maximum absolute atomic E-state index is 10.5. The Morgan fingerprint density at radius 3 is 2.12 bits per heavy atom. The molecule has 6 nitrogen and oxygen atoms in total. The molecule has 0 spiro atoms. The first kappa shape index (κ1) is 14.5. The zero-order valence-electron chi connectivity index (χ0n) is 9.91. The van der Waals surface area contributed by atoms with Crippen LogP contribution in [0.2, 0.25) is 0 Å². The summed E-state index contributed by atoms with van der Waals surface area (Å²) in [5.41, 5.74) is 0.0989. The average molecular weight is 232 g/mol. The van der Waals surface area contributed by atoms with E-state index >= 15 is 0 Å². The smallest absolute Gasteiger partial charge is 0.404 e. The third kappa shape index (κ3) is 9.11. The van der Waals surface area contributed by atoms with Crippen molar-refractivity contribution in [2.45, 2.75) is 39.7 Å². The van der Waals surface area contributed by atoms with Crippen LogP contribution in [0.4, 0.5) is 9.59 Å². The molecule has 0 heterocycles. The molecule has 0 aromatic rings. The van der Waals surface area contributed by atoms with Gasteiger partial charge >= 0.3 is 12.2 Å². The molecular weight excluding hydrogens is 212 g/mol. The van der Waals surface area contributed by atoms with E-state index in [2.05, 4.69) is 31.4 Å². The van der Waals surface area contributed by atoms with Crippen LogP contribution < -0.4 is 10.6 Å². The Morgan fingerprint density at radius 2 is 1.75 bits per heavy atom. The van der Waals surface area contributed by atoms with Crippen LogP contribution in [0, 0.1) is 5.41 Å². The number of nitrogens with one attached hydrogen (secondary N) is 2. The molecule has 0 bridgehead atoms. The Bertz CT molecular complexity index is 248. The maximum atomic E-state index is 10.5. The van der Waals surface area contributed by atoms with E-state index in [1.54, 1.807) is 0 Å². The van der Waals surface area contributed by atoms with Crippen LogP contribution in [-0.4, -0.2) is 35.0 Å². The number of hydrogen-bond acceptors (Lipinski definition) is 2. The first-order valence-electron chi connectivity index (χ1n) is 5.17. The van der Waals surface area contributed by atoms with Crippen LogP contribution in [-0.2, 0) is 0 Å².